The van der Waals surface area contributed by atoms with E-state index in [-0.39, 0.29) is 11.7 Å². The van der Waals surface area contributed by atoms with Gasteiger partial charge in [-0.3, -0.25) is 9.78 Å². The summed E-state index contributed by atoms with van der Waals surface area (Å²) >= 11 is 1.54. The van der Waals surface area contributed by atoms with Crippen LogP contribution in [0.1, 0.15) is 21.6 Å². The molecular weight excluding hydrogens is 325 g/mol. The molecule has 6 heteroatoms. The molecule has 0 atom stereocenters. The lowest BCUT2D eigenvalue weighted by atomic mass is 10.1. The largest absolute Gasteiger partial charge is 0.334 e. The van der Waals surface area contributed by atoms with Gasteiger partial charge in [-0.15, -0.1) is 11.3 Å². The van der Waals surface area contributed by atoms with E-state index in [1.54, 1.807) is 22.8 Å². The first kappa shape index (κ1) is 16.3. The summed E-state index contributed by atoms with van der Waals surface area (Å²) in [5.74, 6) is -0.475. The Morgan fingerprint density at radius 1 is 1.12 bits per heavy atom. The molecule has 0 aliphatic heterocycles. The van der Waals surface area contributed by atoms with E-state index in [1.165, 1.54) is 35.6 Å². The number of thiazole rings is 1. The Hall–Kier alpha value is -2.60. The first-order valence-electron chi connectivity index (χ1n) is 7.53. The summed E-state index contributed by atoms with van der Waals surface area (Å²) in [6.45, 7) is 1.02. The van der Waals surface area contributed by atoms with E-state index >= 15 is 0 Å². The molecule has 1 aromatic carbocycles. The van der Waals surface area contributed by atoms with Gasteiger partial charge in [0, 0.05) is 42.8 Å². The van der Waals surface area contributed by atoms with Crippen LogP contribution in [0.3, 0.4) is 0 Å². The standard InChI is InChI=1S/C18H16FN3OS/c19-16-3-1-15(2-4-16)18(23)22(10-7-17-12-24-13-21-17)11-14-5-8-20-9-6-14/h1-6,8-9,12-13H,7,10-11H2. The Morgan fingerprint density at radius 3 is 2.54 bits per heavy atom. The summed E-state index contributed by atoms with van der Waals surface area (Å²) in [5, 5.41) is 1.98. The molecule has 4 nitrogen and oxygen atoms in total. The Balaban J connectivity index is 1.77. The van der Waals surface area contributed by atoms with Gasteiger partial charge in [0.25, 0.3) is 5.91 Å². The number of benzene rings is 1. The van der Waals surface area contributed by atoms with E-state index in [9.17, 15) is 9.18 Å². The van der Waals surface area contributed by atoms with Crippen molar-refractivity contribution in [3.63, 3.8) is 0 Å². The van der Waals surface area contributed by atoms with E-state index < -0.39 is 0 Å². The lowest BCUT2D eigenvalue weighted by Gasteiger charge is -2.22. The van der Waals surface area contributed by atoms with E-state index in [0.29, 0.717) is 25.1 Å². The monoisotopic (exact) mass is 341 g/mol. The van der Waals surface area contributed by atoms with Crippen molar-refractivity contribution in [3.8, 4) is 0 Å². The summed E-state index contributed by atoms with van der Waals surface area (Å²) in [5.41, 5.74) is 4.22. The number of carbonyl (C=O) groups is 1. The predicted molar refractivity (Wildman–Crippen MR) is 91.2 cm³/mol. The lowest BCUT2D eigenvalue weighted by Crippen LogP contribution is -2.32. The van der Waals surface area contributed by atoms with Crippen LogP contribution in [0.4, 0.5) is 4.39 Å². The van der Waals surface area contributed by atoms with Crippen molar-refractivity contribution in [2.45, 2.75) is 13.0 Å². The number of hydrogen-bond donors (Lipinski definition) is 0. The van der Waals surface area contributed by atoms with Crippen molar-refractivity contribution >= 4 is 17.2 Å². The maximum atomic E-state index is 13.1. The van der Waals surface area contributed by atoms with Crippen molar-refractivity contribution in [2.24, 2.45) is 0 Å². The Labute approximate surface area is 143 Å². The van der Waals surface area contributed by atoms with Crippen molar-refractivity contribution < 1.29 is 9.18 Å². The topological polar surface area (TPSA) is 46.1 Å². The molecule has 0 saturated heterocycles. The molecule has 0 fully saturated rings. The van der Waals surface area contributed by atoms with Crippen LogP contribution in [-0.2, 0) is 13.0 Å². The average Bonchev–Trinajstić information content (AvgIpc) is 3.13. The second-order valence-corrected chi connectivity index (χ2v) is 6.04. The van der Waals surface area contributed by atoms with Crippen LogP contribution in [0.25, 0.3) is 0 Å². The number of pyridine rings is 1. The number of aromatic nitrogens is 2. The zero-order chi connectivity index (χ0) is 16.8. The minimum Gasteiger partial charge on any atom is -0.334 e. The molecule has 0 unspecified atom stereocenters. The van der Waals surface area contributed by atoms with E-state index in [2.05, 4.69) is 9.97 Å². The van der Waals surface area contributed by atoms with E-state index in [0.717, 1.165) is 11.3 Å². The molecule has 2 heterocycles. The van der Waals surface area contributed by atoms with Gasteiger partial charge in [-0.05, 0) is 42.0 Å². The fourth-order valence-electron chi connectivity index (χ4n) is 2.35. The van der Waals surface area contributed by atoms with Crippen molar-refractivity contribution in [1.29, 1.82) is 0 Å². The molecule has 24 heavy (non-hydrogen) atoms. The summed E-state index contributed by atoms with van der Waals surface area (Å²) in [4.78, 5) is 22.8. The number of carbonyl (C=O) groups excluding carboxylic acids is 1. The molecule has 0 radical (unpaired) electrons. The van der Waals surface area contributed by atoms with Gasteiger partial charge in [0.05, 0.1) is 11.2 Å². The molecule has 0 aliphatic rings. The highest BCUT2D eigenvalue weighted by Crippen LogP contribution is 2.12. The summed E-state index contributed by atoms with van der Waals surface area (Å²) in [7, 11) is 0. The zero-order valence-electron chi connectivity index (χ0n) is 12.9. The first-order chi connectivity index (χ1) is 11.7. The maximum Gasteiger partial charge on any atom is 0.254 e. The van der Waals surface area contributed by atoms with E-state index in [1.807, 2.05) is 17.5 Å². The predicted octanol–water partition coefficient (Wildman–Crippen LogP) is 3.56. The number of hydrogen-bond acceptors (Lipinski definition) is 4. The Bertz CT molecular complexity index is 776. The van der Waals surface area contributed by atoms with Crippen molar-refractivity contribution in [2.75, 3.05) is 6.54 Å². The van der Waals surface area contributed by atoms with Crippen LogP contribution >= 0.6 is 11.3 Å². The number of rotatable bonds is 6. The van der Waals surface area contributed by atoms with Gasteiger partial charge >= 0.3 is 0 Å². The summed E-state index contributed by atoms with van der Waals surface area (Å²) in [6, 6.07) is 9.40. The van der Waals surface area contributed by atoms with Gasteiger partial charge in [-0.1, -0.05) is 0 Å². The SMILES string of the molecule is O=C(c1ccc(F)cc1)N(CCc1cscn1)Cc1ccncc1. The fraction of sp³-hybridized carbons (Fsp3) is 0.167. The highest BCUT2D eigenvalue weighted by atomic mass is 32.1. The lowest BCUT2D eigenvalue weighted by molar-refractivity contribution is 0.0744. The third-order valence-electron chi connectivity index (χ3n) is 3.62. The number of nitrogens with zero attached hydrogens (tertiary/aromatic N) is 3. The quantitative estimate of drug-likeness (QED) is 0.689. The van der Waals surface area contributed by atoms with Crippen LogP contribution in [-0.4, -0.2) is 27.3 Å². The van der Waals surface area contributed by atoms with Gasteiger partial charge in [0.1, 0.15) is 5.82 Å². The normalized spacial score (nSPS) is 10.5. The molecule has 122 valence electrons. The summed E-state index contributed by atoms with van der Waals surface area (Å²) < 4.78 is 13.1. The van der Waals surface area contributed by atoms with Crippen LogP contribution < -0.4 is 0 Å². The molecule has 1 amide bonds. The molecule has 3 rings (SSSR count). The highest BCUT2D eigenvalue weighted by Gasteiger charge is 2.16. The van der Waals surface area contributed by atoms with Gasteiger partial charge < -0.3 is 4.90 Å². The molecular formula is C18H16FN3OS. The maximum absolute atomic E-state index is 13.1. The molecule has 2 aromatic heterocycles. The minimum atomic E-state index is -0.352. The van der Waals surface area contributed by atoms with Crippen LogP contribution in [0, 0.1) is 5.82 Å². The number of amides is 1. The van der Waals surface area contributed by atoms with Crippen LogP contribution in [0.5, 0.6) is 0 Å². The molecule has 0 spiro atoms. The van der Waals surface area contributed by atoms with E-state index in [4.69, 9.17) is 0 Å². The Kier molecular flexibility index (Phi) is 5.28. The number of halogens is 1. The fourth-order valence-corrected chi connectivity index (χ4v) is 2.94. The third kappa shape index (κ3) is 4.23. The second kappa shape index (κ2) is 7.79. The molecule has 0 N–H and O–H groups in total. The molecule has 0 aliphatic carbocycles. The zero-order valence-corrected chi connectivity index (χ0v) is 13.7. The van der Waals surface area contributed by atoms with Gasteiger partial charge in [0.2, 0.25) is 0 Å². The van der Waals surface area contributed by atoms with Crippen LogP contribution in [0.2, 0.25) is 0 Å². The third-order valence-corrected chi connectivity index (χ3v) is 4.26. The Morgan fingerprint density at radius 2 is 1.88 bits per heavy atom. The van der Waals surface area contributed by atoms with Crippen molar-refractivity contribution in [1.82, 2.24) is 14.9 Å². The van der Waals surface area contributed by atoms with Gasteiger partial charge in [-0.25, -0.2) is 9.37 Å². The smallest absolute Gasteiger partial charge is 0.254 e. The van der Waals surface area contributed by atoms with Crippen molar-refractivity contribution in [3.05, 3.63) is 82.3 Å². The van der Waals surface area contributed by atoms with Crippen LogP contribution in [0.15, 0.2) is 59.7 Å². The molecule has 3 aromatic rings. The minimum absolute atomic E-state index is 0.123. The second-order valence-electron chi connectivity index (χ2n) is 5.32. The van der Waals surface area contributed by atoms with Gasteiger partial charge in [-0.2, -0.15) is 0 Å². The highest BCUT2D eigenvalue weighted by molar-refractivity contribution is 7.07. The molecule has 0 bridgehead atoms. The van der Waals surface area contributed by atoms with Gasteiger partial charge in [0.15, 0.2) is 0 Å². The first-order valence-corrected chi connectivity index (χ1v) is 8.47. The summed E-state index contributed by atoms with van der Waals surface area (Å²) in [6.07, 6.45) is 4.09. The average molecular weight is 341 g/mol. The molecule has 0 saturated carbocycles.